The molecule has 0 saturated carbocycles. The third kappa shape index (κ3) is 3.05. The molecule has 0 aliphatic carbocycles. The van der Waals surface area contributed by atoms with Gasteiger partial charge in [0, 0.05) is 0 Å². The minimum absolute atomic E-state index is 0.248. The van der Waals surface area contributed by atoms with Crippen molar-refractivity contribution in [1.82, 2.24) is 0 Å². The van der Waals surface area contributed by atoms with Crippen molar-refractivity contribution in [2.24, 2.45) is 0 Å². The van der Waals surface area contributed by atoms with Crippen LogP contribution in [0.1, 0.15) is 12.0 Å². The van der Waals surface area contributed by atoms with Crippen LogP contribution in [-0.4, -0.2) is 35.7 Å². The summed E-state index contributed by atoms with van der Waals surface area (Å²) in [6, 6.07) is 5.98. The molecule has 1 aromatic rings. The quantitative estimate of drug-likeness (QED) is 0.772. The molecule has 0 spiro atoms. The molecule has 1 aromatic carbocycles. The van der Waals surface area contributed by atoms with E-state index in [1.54, 1.807) is 7.11 Å². The van der Waals surface area contributed by atoms with Crippen molar-refractivity contribution in [3.8, 4) is 5.75 Å². The molecule has 1 N–H and O–H groups in total. The zero-order valence-corrected chi connectivity index (χ0v) is 9.53. The fourth-order valence-electron chi connectivity index (χ4n) is 1.15. The number of ether oxygens (including phenoxy) is 1. The maximum absolute atomic E-state index is 8.69. The molecule has 0 aliphatic heterocycles. The third-order valence-electron chi connectivity index (χ3n) is 1.90. The molecule has 3 heteroatoms. The van der Waals surface area contributed by atoms with E-state index in [1.165, 1.54) is 9.91 Å². The fourth-order valence-corrected chi connectivity index (χ4v) is 1.81. The van der Waals surface area contributed by atoms with Crippen molar-refractivity contribution in [2.75, 3.05) is 13.7 Å². The maximum atomic E-state index is 8.69. The van der Waals surface area contributed by atoms with Gasteiger partial charge in [-0.3, -0.25) is 0 Å². The fraction of sp³-hybridized carbons (Fsp3) is 0.400. The Morgan fingerprint density at radius 3 is 2.77 bits per heavy atom. The van der Waals surface area contributed by atoms with E-state index in [4.69, 9.17) is 9.84 Å². The number of methoxy groups -OCH3 is 1. The van der Waals surface area contributed by atoms with E-state index >= 15 is 0 Å². The average Bonchev–Trinajstić information content (AvgIpc) is 2.16. The Kier molecular flexibility index (Phi) is 4.34. The molecule has 2 nitrogen and oxygen atoms in total. The first-order valence-electron chi connectivity index (χ1n) is 4.24. The normalized spacial score (nSPS) is 10.1. The summed E-state index contributed by atoms with van der Waals surface area (Å²) in [5.41, 5.74) is 1.26. The Morgan fingerprint density at radius 2 is 2.23 bits per heavy atom. The van der Waals surface area contributed by atoms with Crippen molar-refractivity contribution in [3.63, 3.8) is 0 Å². The van der Waals surface area contributed by atoms with Gasteiger partial charge in [-0.05, 0) is 0 Å². The van der Waals surface area contributed by atoms with Gasteiger partial charge in [0.2, 0.25) is 0 Å². The molecule has 0 amide bonds. The Balaban J connectivity index is 2.73. The van der Waals surface area contributed by atoms with E-state index in [0.29, 0.717) is 0 Å². The predicted molar refractivity (Wildman–Crippen MR) is 53.8 cm³/mol. The Labute approximate surface area is 87.4 Å². The van der Waals surface area contributed by atoms with E-state index in [2.05, 4.69) is 16.9 Å². The van der Waals surface area contributed by atoms with Crippen molar-refractivity contribution in [3.05, 3.63) is 23.8 Å². The molecule has 0 saturated heterocycles. The Hall–Kier alpha value is -0.462. The van der Waals surface area contributed by atoms with Crippen LogP contribution in [0.4, 0.5) is 0 Å². The van der Waals surface area contributed by atoms with Gasteiger partial charge in [0.05, 0.1) is 0 Å². The van der Waals surface area contributed by atoms with Gasteiger partial charge in [0.25, 0.3) is 0 Å². The summed E-state index contributed by atoms with van der Waals surface area (Å²) >= 11 is 2.53. The molecular formula is C10H13AsO2. The van der Waals surface area contributed by atoms with Gasteiger partial charge in [0.1, 0.15) is 0 Å². The summed E-state index contributed by atoms with van der Waals surface area (Å²) in [5, 5.41) is 8.69. The SMILES string of the molecule is COc1ccc(CCCO)c([As])c1. The van der Waals surface area contributed by atoms with Crippen LogP contribution in [0, 0.1) is 0 Å². The Morgan fingerprint density at radius 1 is 1.46 bits per heavy atom. The number of hydrogen-bond acceptors (Lipinski definition) is 2. The summed E-state index contributed by atoms with van der Waals surface area (Å²) in [7, 11) is 1.66. The summed E-state index contributed by atoms with van der Waals surface area (Å²) in [4.78, 5) is 0. The topological polar surface area (TPSA) is 29.5 Å². The molecule has 0 aliphatic rings. The van der Waals surface area contributed by atoms with E-state index in [-0.39, 0.29) is 6.61 Å². The predicted octanol–water partition coefficient (Wildman–Crippen LogP) is 0.414. The molecule has 2 radical (unpaired) electrons. The summed E-state index contributed by atoms with van der Waals surface area (Å²) in [6.45, 7) is 0.248. The first kappa shape index (κ1) is 10.6. The van der Waals surface area contributed by atoms with Crippen LogP contribution in [0.5, 0.6) is 5.75 Å². The van der Waals surface area contributed by atoms with Crippen LogP contribution in [0.15, 0.2) is 18.2 Å². The molecule has 1 rings (SSSR count). The molecule has 0 bridgehead atoms. The van der Waals surface area contributed by atoms with Crippen LogP contribution in [-0.2, 0) is 6.42 Å². The number of aliphatic hydroxyl groups is 1. The second kappa shape index (κ2) is 5.31. The van der Waals surface area contributed by atoms with Crippen LogP contribution in [0.2, 0.25) is 0 Å². The van der Waals surface area contributed by atoms with Crippen LogP contribution >= 0.6 is 0 Å². The summed E-state index contributed by atoms with van der Waals surface area (Å²) in [5.74, 6) is 0.878. The summed E-state index contributed by atoms with van der Waals surface area (Å²) < 4.78 is 6.26. The van der Waals surface area contributed by atoms with Gasteiger partial charge in [-0.2, -0.15) is 0 Å². The van der Waals surface area contributed by atoms with Crippen molar-refractivity contribution < 1.29 is 9.84 Å². The number of aliphatic hydroxyl groups excluding tert-OH is 1. The Bertz CT molecular complexity index is 274. The van der Waals surface area contributed by atoms with Gasteiger partial charge < -0.3 is 0 Å². The van der Waals surface area contributed by atoms with Crippen molar-refractivity contribution in [1.29, 1.82) is 0 Å². The van der Waals surface area contributed by atoms with Crippen LogP contribution in [0.3, 0.4) is 0 Å². The van der Waals surface area contributed by atoms with E-state index in [9.17, 15) is 0 Å². The van der Waals surface area contributed by atoms with Gasteiger partial charge >= 0.3 is 87.1 Å². The minimum atomic E-state index is 0.248. The van der Waals surface area contributed by atoms with Gasteiger partial charge in [-0.15, -0.1) is 0 Å². The first-order chi connectivity index (χ1) is 6.27. The first-order valence-corrected chi connectivity index (χ1v) is 5.18. The molecule has 0 aromatic heterocycles. The summed E-state index contributed by atoms with van der Waals surface area (Å²) in [6.07, 6.45) is 1.74. The zero-order chi connectivity index (χ0) is 9.68. The number of hydrogen-bond donors (Lipinski definition) is 1. The number of benzene rings is 1. The third-order valence-corrected chi connectivity index (χ3v) is 2.77. The van der Waals surface area contributed by atoms with Crippen LogP contribution in [0.25, 0.3) is 0 Å². The number of rotatable bonds is 4. The molecule has 0 unspecified atom stereocenters. The zero-order valence-electron chi connectivity index (χ0n) is 7.66. The molecule has 70 valence electrons. The molecule has 0 fully saturated rings. The van der Waals surface area contributed by atoms with E-state index in [1.807, 2.05) is 18.2 Å². The molecular weight excluding hydrogens is 227 g/mol. The molecule has 0 heterocycles. The van der Waals surface area contributed by atoms with Crippen molar-refractivity contribution >= 4 is 21.2 Å². The second-order valence-corrected chi connectivity index (χ2v) is 3.83. The van der Waals surface area contributed by atoms with Crippen LogP contribution < -0.4 is 9.09 Å². The molecule has 0 atom stereocenters. The number of aryl methyl sites for hydroxylation is 1. The van der Waals surface area contributed by atoms with Gasteiger partial charge in [0.15, 0.2) is 0 Å². The van der Waals surface area contributed by atoms with Crippen molar-refractivity contribution in [2.45, 2.75) is 12.8 Å². The average molecular weight is 240 g/mol. The van der Waals surface area contributed by atoms with Gasteiger partial charge in [-0.25, -0.2) is 0 Å². The van der Waals surface area contributed by atoms with Gasteiger partial charge in [-0.1, -0.05) is 0 Å². The second-order valence-electron chi connectivity index (χ2n) is 2.82. The molecule has 13 heavy (non-hydrogen) atoms. The van der Waals surface area contributed by atoms with E-state index < -0.39 is 0 Å². The monoisotopic (exact) mass is 240 g/mol. The van der Waals surface area contributed by atoms with E-state index in [0.717, 1.165) is 18.6 Å². The standard InChI is InChI=1S/C10H13AsO2/c1-13-9-5-4-8(3-2-6-12)10(11)7-9/h4-5,7,12H,2-3,6H2,1H3.